The molecule has 0 saturated carbocycles. The molecule has 6 heteroatoms. The van der Waals surface area contributed by atoms with E-state index in [0.29, 0.717) is 25.3 Å². The standard InChI is InChI=1S/C19H20N4O2/c1-3-7-14(8-4-1)11-16-12-24-18(20-16)22-23-19-21-17(13-25-19)15-9-5-2-6-10-15/h1-10,16-17H,11-13H2,(H,20,22)(H,21,23). The molecule has 2 heterocycles. The third-order valence-electron chi connectivity index (χ3n) is 4.14. The van der Waals surface area contributed by atoms with Gasteiger partial charge in [0.1, 0.15) is 19.3 Å². The highest BCUT2D eigenvalue weighted by Gasteiger charge is 2.22. The van der Waals surface area contributed by atoms with Gasteiger partial charge in [0, 0.05) is 0 Å². The van der Waals surface area contributed by atoms with Gasteiger partial charge in [0.25, 0.3) is 0 Å². The van der Waals surface area contributed by atoms with Crippen molar-refractivity contribution in [3.8, 4) is 0 Å². The van der Waals surface area contributed by atoms with Gasteiger partial charge in [-0.05, 0) is 17.5 Å². The number of amidine groups is 2. The summed E-state index contributed by atoms with van der Waals surface area (Å²) in [5.41, 5.74) is 8.25. The molecule has 6 nitrogen and oxygen atoms in total. The van der Waals surface area contributed by atoms with Gasteiger partial charge in [-0.25, -0.2) is 20.8 Å². The second kappa shape index (κ2) is 7.25. The van der Waals surface area contributed by atoms with Crippen molar-refractivity contribution >= 4 is 12.0 Å². The van der Waals surface area contributed by atoms with Crippen molar-refractivity contribution in [2.75, 3.05) is 13.2 Å². The molecule has 2 aromatic carbocycles. The van der Waals surface area contributed by atoms with E-state index < -0.39 is 0 Å². The Kier molecular flexibility index (Phi) is 4.50. The summed E-state index contributed by atoms with van der Waals surface area (Å²) in [7, 11) is 0. The fourth-order valence-corrected chi connectivity index (χ4v) is 2.87. The molecule has 25 heavy (non-hydrogen) atoms. The molecule has 128 valence electrons. The molecule has 2 atom stereocenters. The highest BCUT2D eigenvalue weighted by molar-refractivity contribution is 5.81. The first-order valence-corrected chi connectivity index (χ1v) is 8.39. The molecule has 2 aliphatic heterocycles. The molecular weight excluding hydrogens is 316 g/mol. The number of benzene rings is 2. The van der Waals surface area contributed by atoms with Crippen LogP contribution in [-0.2, 0) is 15.9 Å². The summed E-state index contributed by atoms with van der Waals surface area (Å²) < 4.78 is 11.1. The summed E-state index contributed by atoms with van der Waals surface area (Å²) in [6.07, 6.45) is 0.861. The number of nitrogens with one attached hydrogen (secondary N) is 2. The fourth-order valence-electron chi connectivity index (χ4n) is 2.87. The molecular formula is C19H20N4O2. The normalized spacial score (nSPS) is 21.8. The first kappa shape index (κ1) is 15.5. The summed E-state index contributed by atoms with van der Waals surface area (Å²) in [6, 6.07) is 21.4. The first-order chi connectivity index (χ1) is 12.4. The van der Waals surface area contributed by atoms with Gasteiger partial charge in [-0.1, -0.05) is 60.7 Å². The SMILES string of the molecule is c1ccc(CC2COC(NNC3=NC(c4ccccc4)CO3)=N2)cc1. The first-order valence-electron chi connectivity index (χ1n) is 8.39. The van der Waals surface area contributed by atoms with Crippen LogP contribution in [0, 0.1) is 0 Å². The van der Waals surface area contributed by atoms with Crippen LogP contribution in [0.3, 0.4) is 0 Å². The Morgan fingerprint density at radius 1 is 0.800 bits per heavy atom. The number of nitrogens with zero attached hydrogens (tertiary/aromatic N) is 2. The lowest BCUT2D eigenvalue weighted by Gasteiger charge is -2.07. The van der Waals surface area contributed by atoms with Crippen molar-refractivity contribution in [3.63, 3.8) is 0 Å². The van der Waals surface area contributed by atoms with E-state index in [9.17, 15) is 0 Å². The highest BCUT2D eigenvalue weighted by atomic mass is 16.5. The van der Waals surface area contributed by atoms with Gasteiger partial charge in [-0.3, -0.25) is 0 Å². The lowest BCUT2D eigenvalue weighted by molar-refractivity contribution is 0.288. The van der Waals surface area contributed by atoms with Crippen molar-refractivity contribution in [1.29, 1.82) is 0 Å². The van der Waals surface area contributed by atoms with E-state index in [1.54, 1.807) is 0 Å². The summed E-state index contributed by atoms with van der Waals surface area (Å²) in [6.45, 7) is 1.09. The average Bonchev–Trinajstić information content (AvgIpc) is 3.31. The maximum Gasteiger partial charge on any atom is 0.304 e. The largest absolute Gasteiger partial charge is 0.462 e. The molecule has 0 radical (unpaired) electrons. The monoisotopic (exact) mass is 336 g/mol. The van der Waals surface area contributed by atoms with Gasteiger partial charge >= 0.3 is 12.0 Å². The van der Waals surface area contributed by atoms with Crippen LogP contribution in [0.4, 0.5) is 0 Å². The van der Waals surface area contributed by atoms with Crippen LogP contribution in [0.15, 0.2) is 70.6 Å². The summed E-state index contributed by atoms with van der Waals surface area (Å²) in [5.74, 6) is 0. The van der Waals surface area contributed by atoms with E-state index in [4.69, 9.17) is 9.47 Å². The van der Waals surface area contributed by atoms with E-state index in [-0.39, 0.29) is 12.1 Å². The number of rotatable bonds is 3. The maximum absolute atomic E-state index is 5.57. The Morgan fingerprint density at radius 3 is 2.20 bits per heavy atom. The van der Waals surface area contributed by atoms with Gasteiger partial charge in [-0.2, -0.15) is 0 Å². The molecule has 2 aromatic rings. The third kappa shape index (κ3) is 3.91. The molecule has 4 rings (SSSR count). The van der Waals surface area contributed by atoms with Gasteiger partial charge in [-0.15, -0.1) is 0 Å². The topological polar surface area (TPSA) is 67.2 Å². The predicted molar refractivity (Wildman–Crippen MR) is 96.2 cm³/mol. The zero-order valence-electron chi connectivity index (χ0n) is 13.8. The number of hydrazine groups is 1. The zero-order chi connectivity index (χ0) is 16.9. The average molecular weight is 336 g/mol. The molecule has 2 unspecified atom stereocenters. The molecule has 0 amide bonds. The minimum absolute atomic E-state index is 0.0164. The van der Waals surface area contributed by atoms with E-state index >= 15 is 0 Å². The molecule has 0 spiro atoms. The Bertz CT molecular complexity index is 762. The number of aliphatic imine (C=N–C) groups is 2. The van der Waals surface area contributed by atoms with Gasteiger partial charge in [0.05, 0.1) is 6.04 Å². The van der Waals surface area contributed by atoms with Crippen LogP contribution in [0.5, 0.6) is 0 Å². The molecule has 0 aliphatic carbocycles. The smallest absolute Gasteiger partial charge is 0.304 e. The Hall–Kier alpha value is -3.02. The van der Waals surface area contributed by atoms with Crippen LogP contribution in [0.1, 0.15) is 17.2 Å². The summed E-state index contributed by atoms with van der Waals surface area (Å²) in [5, 5.41) is 0. The number of hydrogen-bond acceptors (Lipinski definition) is 6. The molecule has 0 aromatic heterocycles. The minimum Gasteiger partial charge on any atom is -0.462 e. The van der Waals surface area contributed by atoms with Crippen molar-refractivity contribution in [3.05, 3.63) is 71.8 Å². The van der Waals surface area contributed by atoms with Gasteiger partial charge in [0.2, 0.25) is 0 Å². The van der Waals surface area contributed by atoms with Crippen LogP contribution in [0.25, 0.3) is 0 Å². The van der Waals surface area contributed by atoms with Crippen LogP contribution >= 0.6 is 0 Å². The van der Waals surface area contributed by atoms with Gasteiger partial charge < -0.3 is 9.47 Å². The second-order valence-corrected chi connectivity index (χ2v) is 6.01. The maximum atomic E-state index is 5.57. The highest BCUT2D eigenvalue weighted by Crippen LogP contribution is 2.21. The zero-order valence-corrected chi connectivity index (χ0v) is 13.8. The fraction of sp³-hybridized carbons (Fsp3) is 0.263. The molecule has 0 fully saturated rings. The minimum atomic E-state index is 0.0164. The van der Waals surface area contributed by atoms with Gasteiger partial charge in [0.15, 0.2) is 0 Å². The summed E-state index contributed by atoms with van der Waals surface area (Å²) in [4.78, 5) is 9.05. The van der Waals surface area contributed by atoms with Crippen LogP contribution < -0.4 is 10.9 Å². The molecule has 0 saturated heterocycles. The van der Waals surface area contributed by atoms with Crippen molar-refractivity contribution in [2.24, 2.45) is 9.98 Å². The van der Waals surface area contributed by atoms with Crippen molar-refractivity contribution in [1.82, 2.24) is 10.9 Å². The lowest BCUT2D eigenvalue weighted by atomic mass is 10.1. The third-order valence-corrected chi connectivity index (χ3v) is 4.14. The summed E-state index contributed by atoms with van der Waals surface area (Å²) >= 11 is 0. The molecule has 0 bridgehead atoms. The Morgan fingerprint density at radius 2 is 1.44 bits per heavy atom. The van der Waals surface area contributed by atoms with E-state index in [1.807, 2.05) is 48.5 Å². The van der Waals surface area contributed by atoms with Crippen LogP contribution in [0.2, 0.25) is 0 Å². The Balaban J connectivity index is 1.29. The second-order valence-electron chi connectivity index (χ2n) is 6.01. The van der Waals surface area contributed by atoms with E-state index in [0.717, 1.165) is 12.0 Å². The number of ether oxygens (including phenoxy) is 2. The number of hydrogen-bond donors (Lipinski definition) is 2. The van der Waals surface area contributed by atoms with Crippen molar-refractivity contribution < 1.29 is 9.47 Å². The van der Waals surface area contributed by atoms with Crippen molar-refractivity contribution in [2.45, 2.75) is 18.5 Å². The quantitative estimate of drug-likeness (QED) is 0.844. The molecule has 2 N–H and O–H groups in total. The van der Waals surface area contributed by atoms with E-state index in [2.05, 4.69) is 33.0 Å². The van der Waals surface area contributed by atoms with E-state index in [1.165, 1.54) is 5.56 Å². The van der Waals surface area contributed by atoms with Crippen LogP contribution in [-0.4, -0.2) is 31.3 Å². The predicted octanol–water partition coefficient (Wildman–Crippen LogP) is 2.21. The molecule has 2 aliphatic rings. The lowest BCUT2D eigenvalue weighted by Crippen LogP contribution is -2.41. The Labute approximate surface area is 146 Å².